The van der Waals surface area contributed by atoms with Crippen molar-refractivity contribution in [3.05, 3.63) is 40.6 Å². The number of hydrogen-bond donors (Lipinski definition) is 1. The first-order valence-corrected chi connectivity index (χ1v) is 6.06. The molecule has 5 heteroatoms. The number of nitrogens with zero attached hydrogens (tertiary/aromatic N) is 2. The molecule has 0 spiro atoms. The predicted octanol–water partition coefficient (Wildman–Crippen LogP) is 2.66. The van der Waals surface area contributed by atoms with Gasteiger partial charge in [0.1, 0.15) is 5.75 Å². The average Bonchev–Trinajstić information content (AvgIpc) is 2.74. The van der Waals surface area contributed by atoms with Gasteiger partial charge >= 0.3 is 0 Å². The van der Waals surface area contributed by atoms with E-state index >= 15 is 0 Å². The summed E-state index contributed by atoms with van der Waals surface area (Å²) in [6.07, 6.45) is 3.63. The van der Waals surface area contributed by atoms with Gasteiger partial charge in [-0.3, -0.25) is 0 Å². The molecule has 0 aliphatic rings. The molecule has 90 valence electrons. The van der Waals surface area contributed by atoms with Gasteiger partial charge in [-0.15, -0.1) is 0 Å². The van der Waals surface area contributed by atoms with Gasteiger partial charge in [0.2, 0.25) is 0 Å². The molecule has 2 N–H and O–H groups in total. The Bertz CT molecular complexity index is 522. The summed E-state index contributed by atoms with van der Waals surface area (Å²) in [4.78, 5) is 0. The number of hydrogen-bond acceptors (Lipinski definition) is 3. The quantitative estimate of drug-likeness (QED) is 0.947. The molecule has 0 saturated carbocycles. The third-order valence-electron chi connectivity index (χ3n) is 2.52. The largest absolute Gasteiger partial charge is 0.496 e. The van der Waals surface area contributed by atoms with Crippen molar-refractivity contribution in [1.82, 2.24) is 9.78 Å². The van der Waals surface area contributed by atoms with Gasteiger partial charge in [-0.25, -0.2) is 4.68 Å². The minimum Gasteiger partial charge on any atom is -0.496 e. The number of halogens is 1. The fourth-order valence-corrected chi connectivity index (χ4v) is 2.09. The fraction of sp³-hybridized carbons (Fsp3) is 0.250. The summed E-state index contributed by atoms with van der Waals surface area (Å²) in [7, 11) is 1.64. The van der Waals surface area contributed by atoms with Crippen molar-refractivity contribution in [2.45, 2.75) is 13.0 Å². The van der Waals surface area contributed by atoms with Crippen LogP contribution in [0.3, 0.4) is 0 Å². The summed E-state index contributed by atoms with van der Waals surface area (Å²) in [5.74, 6) is 0.782. The molecule has 1 atom stereocenters. The second-order valence-electron chi connectivity index (χ2n) is 3.78. The molecule has 17 heavy (non-hydrogen) atoms. The van der Waals surface area contributed by atoms with Crippen LogP contribution >= 0.6 is 15.9 Å². The zero-order valence-electron chi connectivity index (χ0n) is 9.72. The lowest BCUT2D eigenvalue weighted by Crippen LogP contribution is -2.11. The van der Waals surface area contributed by atoms with Crippen molar-refractivity contribution >= 4 is 15.9 Å². The first-order valence-electron chi connectivity index (χ1n) is 5.26. The van der Waals surface area contributed by atoms with Crippen molar-refractivity contribution in [1.29, 1.82) is 0 Å². The minimum atomic E-state index is -0.121. The molecule has 0 amide bonds. The van der Waals surface area contributed by atoms with Crippen LogP contribution in [0.15, 0.2) is 35.1 Å². The van der Waals surface area contributed by atoms with Crippen LogP contribution in [0.25, 0.3) is 5.69 Å². The topological polar surface area (TPSA) is 53.1 Å². The van der Waals surface area contributed by atoms with Crippen molar-refractivity contribution < 1.29 is 4.74 Å². The van der Waals surface area contributed by atoms with E-state index in [2.05, 4.69) is 21.0 Å². The fourth-order valence-electron chi connectivity index (χ4n) is 1.80. The van der Waals surface area contributed by atoms with Gasteiger partial charge in [0.15, 0.2) is 0 Å². The van der Waals surface area contributed by atoms with E-state index in [0.29, 0.717) is 0 Å². The SMILES string of the molecule is COc1cccc(-n2cc(Br)cn2)c1C(C)N. The molecule has 0 saturated heterocycles. The monoisotopic (exact) mass is 295 g/mol. The Morgan fingerprint density at radius 1 is 1.47 bits per heavy atom. The van der Waals surface area contributed by atoms with Crippen molar-refractivity contribution in [2.75, 3.05) is 7.11 Å². The molecule has 0 aliphatic heterocycles. The minimum absolute atomic E-state index is 0.121. The Balaban J connectivity index is 2.60. The lowest BCUT2D eigenvalue weighted by molar-refractivity contribution is 0.406. The van der Waals surface area contributed by atoms with E-state index in [9.17, 15) is 0 Å². The van der Waals surface area contributed by atoms with Crippen LogP contribution in [0.1, 0.15) is 18.5 Å². The van der Waals surface area contributed by atoms with Crippen LogP contribution in [-0.2, 0) is 0 Å². The maximum Gasteiger partial charge on any atom is 0.125 e. The molecule has 0 radical (unpaired) electrons. The lowest BCUT2D eigenvalue weighted by Gasteiger charge is -2.16. The van der Waals surface area contributed by atoms with Crippen LogP contribution < -0.4 is 10.5 Å². The first kappa shape index (κ1) is 12.1. The molecule has 0 bridgehead atoms. The standard InChI is InChI=1S/C12H14BrN3O/c1-8(14)12-10(4-3-5-11(12)17-2)16-7-9(13)6-15-16/h3-8H,14H2,1-2H3. The van der Waals surface area contributed by atoms with Crippen molar-refractivity contribution in [3.63, 3.8) is 0 Å². The maximum absolute atomic E-state index is 6.00. The number of methoxy groups -OCH3 is 1. The molecular formula is C12H14BrN3O. The maximum atomic E-state index is 6.00. The number of rotatable bonds is 3. The molecule has 2 rings (SSSR count). The van der Waals surface area contributed by atoms with Gasteiger partial charge in [0.25, 0.3) is 0 Å². The van der Waals surface area contributed by atoms with Gasteiger partial charge in [-0.05, 0) is 35.0 Å². The van der Waals surface area contributed by atoms with Crippen LogP contribution in [0.5, 0.6) is 5.75 Å². The normalized spacial score (nSPS) is 12.5. The van der Waals surface area contributed by atoms with Gasteiger partial charge in [-0.1, -0.05) is 6.07 Å². The molecule has 2 aromatic rings. The smallest absolute Gasteiger partial charge is 0.125 e. The Morgan fingerprint density at radius 2 is 2.24 bits per heavy atom. The number of aromatic nitrogens is 2. The molecule has 4 nitrogen and oxygen atoms in total. The van der Waals surface area contributed by atoms with Gasteiger partial charge in [-0.2, -0.15) is 5.10 Å². The number of ether oxygens (including phenoxy) is 1. The third-order valence-corrected chi connectivity index (χ3v) is 2.93. The van der Waals surface area contributed by atoms with Crippen LogP contribution in [0.2, 0.25) is 0 Å². The van der Waals surface area contributed by atoms with Gasteiger partial charge in [0.05, 0.1) is 23.5 Å². The Labute approximate surface area is 109 Å². The Hall–Kier alpha value is -1.33. The van der Waals surface area contributed by atoms with Gasteiger partial charge in [0, 0.05) is 17.8 Å². The summed E-state index contributed by atoms with van der Waals surface area (Å²) in [6.45, 7) is 1.93. The molecule has 1 unspecified atom stereocenters. The van der Waals surface area contributed by atoms with Gasteiger partial charge < -0.3 is 10.5 Å². The van der Waals surface area contributed by atoms with E-state index in [-0.39, 0.29) is 6.04 Å². The second kappa shape index (κ2) is 4.89. The molecule has 1 heterocycles. The van der Waals surface area contributed by atoms with Crippen molar-refractivity contribution in [2.24, 2.45) is 5.73 Å². The zero-order chi connectivity index (χ0) is 12.4. The highest BCUT2D eigenvalue weighted by molar-refractivity contribution is 9.10. The van der Waals surface area contributed by atoms with E-state index in [1.807, 2.05) is 31.3 Å². The third kappa shape index (κ3) is 2.35. The summed E-state index contributed by atoms with van der Waals surface area (Å²) in [5.41, 5.74) is 7.89. The lowest BCUT2D eigenvalue weighted by atomic mass is 10.1. The Kier molecular flexibility index (Phi) is 3.49. The Morgan fingerprint density at radius 3 is 2.76 bits per heavy atom. The van der Waals surface area contributed by atoms with E-state index in [4.69, 9.17) is 10.5 Å². The molecule has 1 aromatic heterocycles. The highest BCUT2D eigenvalue weighted by atomic mass is 79.9. The average molecular weight is 296 g/mol. The van der Waals surface area contributed by atoms with Crippen LogP contribution in [0.4, 0.5) is 0 Å². The van der Waals surface area contributed by atoms with Crippen molar-refractivity contribution in [3.8, 4) is 11.4 Å². The molecule has 0 fully saturated rings. The van der Waals surface area contributed by atoms with Crippen LogP contribution in [-0.4, -0.2) is 16.9 Å². The van der Waals surface area contributed by atoms with E-state index in [1.54, 1.807) is 18.0 Å². The zero-order valence-corrected chi connectivity index (χ0v) is 11.3. The highest BCUT2D eigenvalue weighted by Crippen LogP contribution is 2.30. The van der Waals surface area contributed by atoms with E-state index in [0.717, 1.165) is 21.5 Å². The summed E-state index contributed by atoms with van der Waals surface area (Å²) < 4.78 is 8.05. The number of nitrogens with two attached hydrogens (primary N) is 1. The van der Waals surface area contributed by atoms with E-state index < -0.39 is 0 Å². The summed E-state index contributed by atoms with van der Waals surface area (Å²) in [6, 6.07) is 5.68. The van der Waals surface area contributed by atoms with E-state index in [1.165, 1.54) is 0 Å². The number of benzene rings is 1. The first-order chi connectivity index (χ1) is 8.13. The molecule has 1 aromatic carbocycles. The molecule has 0 aliphatic carbocycles. The summed E-state index contributed by atoms with van der Waals surface area (Å²) in [5, 5.41) is 4.26. The second-order valence-corrected chi connectivity index (χ2v) is 4.70. The van der Waals surface area contributed by atoms with Crippen LogP contribution in [0, 0.1) is 0 Å². The molecular weight excluding hydrogens is 282 g/mol. The summed E-state index contributed by atoms with van der Waals surface area (Å²) >= 11 is 3.38. The predicted molar refractivity (Wildman–Crippen MR) is 70.4 cm³/mol. The highest BCUT2D eigenvalue weighted by Gasteiger charge is 2.14.